The lowest BCUT2D eigenvalue weighted by atomic mass is 10.1. The van der Waals surface area contributed by atoms with Crippen molar-refractivity contribution < 1.29 is 27.0 Å². The molecular weight excluding hydrogens is 620 g/mol. The quantitative estimate of drug-likeness (QED) is 0.163. The van der Waals surface area contributed by atoms with Crippen molar-refractivity contribution in [2.75, 3.05) is 7.11 Å². The Balaban J connectivity index is 1.60. The molecule has 0 aliphatic heterocycles. The van der Waals surface area contributed by atoms with Crippen LogP contribution in [0.5, 0.6) is 17.2 Å². The van der Waals surface area contributed by atoms with Gasteiger partial charge >= 0.3 is 6.18 Å². The number of nitriles is 1. The molecule has 0 N–H and O–H groups in total. The second kappa shape index (κ2) is 12.6. The minimum atomic E-state index is -5.07. The lowest BCUT2D eigenvalue weighted by Gasteiger charge is -2.16. The van der Waals surface area contributed by atoms with E-state index in [1.54, 1.807) is 30.3 Å². The van der Waals surface area contributed by atoms with Crippen LogP contribution in [0.1, 0.15) is 22.5 Å². The molecule has 0 bridgehead atoms. The summed E-state index contributed by atoms with van der Waals surface area (Å²) in [5.41, 5.74) is -2.38. The zero-order valence-corrected chi connectivity index (χ0v) is 23.8. The minimum absolute atomic E-state index is 0.00652. The molecule has 5 rings (SSSR count). The van der Waals surface area contributed by atoms with E-state index in [0.29, 0.717) is 17.6 Å². The Labute approximate surface area is 256 Å². The van der Waals surface area contributed by atoms with Crippen LogP contribution in [0.3, 0.4) is 0 Å². The molecule has 3 heterocycles. The minimum Gasteiger partial charge on any atom is -0.497 e. The van der Waals surface area contributed by atoms with E-state index >= 15 is 0 Å². The van der Waals surface area contributed by atoms with Gasteiger partial charge in [0, 0.05) is 16.8 Å². The van der Waals surface area contributed by atoms with Crippen molar-refractivity contribution in [3.63, 3.8) is 0 Å². The first-order valence-electron chi connectivity index (χ1n) is 12.9. The molecule has 0 aliphatic rings. The number of pyridine rings is 1. The Bertz CT molecular complexity index is 2040. The molecule has 228 valence electrons. The fraction of sp³-hybridized carbons (Fsp3) is 0.133. The van der Waals surface area contributed by atoms with Crippen LogP contribution in [0.25, 0.3) is 11.1 Å². The van der Waals surface area contributed by atoms with Crippen LogP contribution in [0, 0.1) is 17.3 Å². The second-order valence-electron chi connectivity index (χ2n) is 9.47. The van der Waals surface area contributed by atoms with Gasteiger partial charge in [0.1, 0.15) is 11.5 Å². The van der Waals surface area contributed by atoms with E-state index in [1.165, 1.54) is 25.3 Å². The summed E-state index contributed by atoms with van der Waals surface area (Å²) >= 11 is 5.96. The molecule has 0 spiro atoms. The predicted molar refractivity (Wildman–Crippen MR) is 153 cm³/mol. The molecule has 0 amide bonds. The summed E-state index contributed by atoms with van der Waals surface area (Å²) in [4.78, 5) is 33.9. The number of rotatable bonds is 8. The first kappa shape index (κ1) is 30.9. The Morgan fingerprint density at radius 3 is 2.36 bits per heavy atom. The summed E-state index contributed by atoms with van der Waals surface area (Å²) in [6.45, 7) is -0.466. The number of nitrogens with zero attached hydrogens (tertiary/aromatic N) is 6. The number of alkyl halides is 3. The van der Waals surface area contributed by atoms with E-state index < -0.39 is 41.2 Å². The van der Waals surface area contributed by atoms with E-state index in [0.717, 1.165) is 33.6 Å². The van der Waals surface area contributed by atoms with E-state index in [1.807, 2.05) is 0 Å². The molecule has 0 unspecified atom stereocenters. The van der Waals surface area contributed by atoms with Gasteiger partial charge in [0.05, 0.1) is 49.4 Å². The monoisotopic (exact) mass is 638 g/mol. The highest BCUT2D eigenvalue weighted by Crippen LogP contribution is 2.35. The summed E-state index contributed by atoms with van der Waals surface area (Å²) in [5.74, 6) is -1.65. The van der Waals surface area contributed by atoms with Gasteiger partial charge in [-0.25, -0.2) is 14.6 Å². The molecule has 0 atom stereocenters. The lowest BCUT2D eigenvalue weighted by molar-refractivity contribution is -0.142. The van der Waals surface area contributed by atoms with Crippen molar-refractivity contribution in [1.29, 1.82) is 5.26 Å². The predicted octanol–water partition coefficient (Wildman–Crippen LogP) is 5.44. The van der Waals surface area contributed by atoms with E-state index in [9.17, 15) is 32.4 Å². The number of aromatic nitrogens is 5. The van der Waals surface area contributed by atoms with Crippen molar-refractivity contribution in [3.8, 4) is 34.4 Å². The van der Waals surface area contributed by atoms with Gasteiger partial charge in [-0.2, -0.15) is 27.9 Å². The molecule has 0 saturated carbocycles. The number of halogens is 5. The average molecular weight is 639 g/mol. The van der Waals surface area contributed by atoms with Gasteiger partial charge in [-0.3, -0.25) is 14.2 Å². The topological polar surface area (TPSA) is 125 Å². The number of benzene rings is 2. The van der Waals surface area contributed by atoms with Crippen molar-refractivity contribution in [3.05, 3.63) is 127 Å². The zero-order valence-electron chi connectivity index (χ0n) is 23.0. The maximum Gasteiger partial charge on any atom is 0.437 e. The normalized spacial score (nSPS) is 11.2. The maximum atomic E-state index is 13.9. The second-order valence-corrected chi connectivity index (χ2v) is 9.91. The highest BCUT2D eigenvalue weighted by atomic mass is 35.5. The van der Waals surface area contributed by atoms with Crippen LogP contribution in [-0.4, -0.2) is 31.4 Å². The fourth-order valence-electron chi connectivity index (χ4n) is 4.28. The average Bonchev–Trinajstić information content (AvgIpc) is 3.00. The molecule has 2 aromatic carbocycles. The van der Waals surface area contributed by atoms with Crippen LogP contribution in [0.4, 0.5) is 17.6 Å². The molecule has 3 aromatic heterocycles. The number of hydrogen-bond acceptors (Lipinski definition) is 8. The van der Waals surface area contributed by atoms with Crippen molar-refractivity contribution in [2.24, 2.45) is 0 Å². The van der Waals surface area contributed by atoms with Crippen LogP contribution >= 0.6 is 11.6 Å². The molecule has 0 radical (unpaired) electrons. The third-order valence-electron chi connectivity index (χ3n) is 6.37. The molecule has 0 aliphatic carbocycles. The number of methoxy groups -OCH3 is 1. The number of hydrogen-bond donors (Lipinski definition) is 0. The summed E-state index contributed by atoms with van der Waals surface area (Å²) < 4.78 is 67.6. The summed E-state index contributed by atoms with van der Waals surface area (Å²) in [5, 5.41) is 13.5. The Kier molecular flexibility index (Phi) is 8.64. The molecule has 45 heavy (non-hydrogen) atoms. The van der Waals surface area contributed by atoms with Gasteiger partial charge in [-0.15, -0.1) is 0 Å². The Morgan fingerprint density at radius 2 is 1.71 bits per heavy atom. The maximum absolute atomic E-state index is 13.9. The summed E-state index contributed by atoms with van der Waals surface area (Å²) in [7, 11) is 1.50. The van der Waals surface area contributed by atoms with Gasteiger partial charge < -0.3 is 9.47 Å². The van der Waals surface area contributed by atoms with Crippen molar-refractivity contribution in [1.82, 2.24) is 24.3 Å². The lowest BCUT2D eigenvalue weighted by Crippen LogP contribution is -2.30. The third kappa shape index (κ3) is 7.00. The standard InChI is InChI=1S/C30H19ClF4N6O4/c1-44-22-5-2-17(3-6-22)14-41-28(42)24(19-4-7-25(32)37-13-19)11-21(39-41)15-40-16-38-27(30(33,34)35)26(29(40)43)45-23-9-18(12-36)8-20(31)10-23/h2-11,13,16H,14-15H2,1H3. The fourth-order valence-corrected chi connectivity index (χ4v) is 4.51. The smallest absolute Gasteiger partial charge is 0.437 e. The Hall–Kier alpha value is -5.55. The molecule has 0 fully saturated rings. The molecular formula is C30H19ClF4N6O4. The van der Waals surface area contributed by atoms with E-state index in [2.05, 4.69) is 15.1 Å². The van der Waals surface area contributed by atoms with Gasteiger partial charge in [-0.1, -0.05) is 23.7 Å². The van der Waals surface area contributed by atoms with Crippen LogP contribution < -0.4 is 20.6 Å². The highest BCUT2D eigenvalue weighted by molar-refractivity contribution is 6.30. The van der Waals surface area contributed by atoms with Crippen molar-refractivity contribution in [2.45, 2.75) is 19.3 Å². The molecule has 15 heteroatoms. The first-order valence-corrected chi connectivity index (χ1v) is 13.2. The van der Waals surface area contributed by atoms with Crippen molar-refractivity contribution >= 4 is 11.6 Å². The largest absolute Gasteiger partial charge is 0.497 e. The SMILES string of the molecule is COc1ccc(Cn2nc(Cn3cnc(C(F)(F)F)c(Oc4cc(Cl)cc(C#N)c4)c3=O)cc(-c3ccc(F)nc3)c2=O)cc1. The summed E-state index contributed by atoms with van der Waals surface area (Å²) in [6, 6.07) is 15.8. The van der Waals surface area contributed by atoms with E-state index in [4.69, 9.17) is 21.1 Å². The van der Waals surface area contributed by atoms with Gasteiger partial charge in [0.15, 0.2) is 5.69 Å². The van der Waals surface area contributed by atoms with Crippen LogP contribution in [-0.2, 0) is 19.3 Å². The van der Waals surface area contributed by atoms with Crippen LogP contribution in [0.15, 0.2) is 82.8 Å². The Morgan fingerprint density at radius 1 is 0.956 bits per heavy atom. The van der Waals surface area contributed by atoms with E-state index in [-0.39, 0.29) is 39.7 Å². The molecule has 10 nitrogen and oxygen atoms in total. The third-order valence-corrected chi connectivity index (χ3v) is 6.59. The highest BCUT2D eigenvalue weighted by Gasteiger charge is 2.39. The van der Waals surface area contributed by atoms with Gasteiger partial charge in [0.25, 0.3) is 11.1 Å². The molecule has 5 aromatic rings. The number of ether oxygens (including phenoxy) is 2. The first-order chi connectivity index (χ1) is 21.4. The van der Waals surface area contributed by atoms with Crippen LogP contribution in [0.2, 0.25) is 5.02 Å². The zero-order chi connectivity index (χ0) is 32.3. The summed E-state index contributed by atoms with van der Waals surface area (Å²) in [6.07, 6.45) is -3.25. The van der Waals surface area contributed by atoms with Gasteiger partial charge in [-0.05, 0) is 54.1 Å². The molecule has 0 saturated heterocycles. The van der Waals surface area contributed by atoms with Gasteiger partial charge in [0.2, 0.25) is 11.7 Å².